The van der Waals surface area contributed by atoms with Gasteiger partial charge in [0.2, 0.25) is 0 Å². The summed E-state index contributed by atoms with van der Waals surface area (Å²) in [6.07, 6.45) is 4.99. The second-order valence-electron chi connectivity index (χ2n) is 2.55. The number of furan rings is 1. The lowest BCUT2D eigenvalue weighted by atomic mass is 10.3. The smallest absolute Gasteiger partial charge is 0.122 e. The van der Waals surface area contributed by atoms with Crippen molar-refractivity contribution in [2.24, 2.45) is 0 Å². The third-order valence-corrected chi connectivity index (χ3v) is 1.66. The molecule has 4 heteroatoms. The molecule has 0 aliphatic rings. The van der Waals surface area contributed by atoms with Crippen LogP contribution in [0.15, 0.2) is 35.3 Å². The van der Waals surface area contributed by atoms with Gasteiger partial charge in [0.25, 0.3) is 0 Å². The number of hydrogen-bond acceptors (Lipinski definition) is 3. The van der Waals surface area contributed by atoms with E-state index in [1.165, 1.54) is 0 Å². The second-order valence-corrected chi connectivity index (χ2v) is 2.55. The molecule has 2 aromatic heterocycles. The van der Waals surface area contributed by atoms with Crippen molar-refractivity contribution in [2.75, 3.05) is 5.73 Å². The lowest BCUT2D eigenvalue weighted by Crippen LogP contribution is -2.04. The molecule has 0 saturated heterocycles. The SMILES string of the molecule is Nc1ccnn1Cc1ccoc1. The van der Waals surface area contributed by atoms with E-state index < -0.39 is 0 Å². The fourth-order valence-corrected chi connectivity index (χ4v) is 1.03. The Morgan fingerprint density at radius 2 is 2.42 bits per heavy atom. The normalized spacial score (nSPS) is 10.3. The van der Waals surface area contributed by atoms with Gasteiger partial charge in [0, 0.05) is 5.56 Å². The Labute approximate surface area is 69.6 Å². The summed E-state index contributed by atoms with van der Waals surface area (Å²) in [6.45, 7) is 0.662. The molecule has 0 saturated carbocycles. The Kier molecular flexibility index (Phi) is 1.59. The van der Waals surface area contributed by atoms with Crippen molar-refractivity contribution in [1.29, 1.82) is 0 Å². The lowest BCUT2D eigenvalue weighted by Gasteiger charge is -1.99. The molecule has 0 bridgehead atoms. The minimum absolute atomic E-state index is 0.662. The van der Waals surface area contributed by atoms with E-state index in [1.54, 1.807) is 29.5 Å². The molecule has 0 amide bonds. The second kappa shape index (κ2) is 2.73. The van der Waals surface area contributed by atoms with Crippen molar-refractivity contribution >= 4 is 5.82 Å². The van der Waals surface area contributed by atoms with Crippen LogP contribution in [0.5, 0.6) is 0 Å². The molecule has 2 aromatic rings. The number of anilines is 1. The van der Waals surface area contributed by atoms with E-state index in [4.69, 9.17) is 10.2 Å². The lowest BCUT2D eigenvalue weighted by molar-refractivity contribution is 0.560. The molecule has 0 spiro atoms. The minimum atomic E-state index is 0.662. The van der Waals surface area contributed by atoms with Crippen LogP contribution >= 0.6 is 0 Å². The number of nitrogens with zero attached hydrogens (tertiary/aromatic N) is 2. The summed E-state index contributed by atoms with van der Waals surface area (Å²) in [5.74, 6) is 0.663. The first kappa shape index (κ1) is 6.97. The molecule has 0 aliphatic carbocycles. The topological polar surface area (TPSA) is 57.0 Å². The van der Waals surface area contributed by atoms with E-state index in [0.717, 1.165) is 5.56 Å². The summed E-state index contributed by atoms with van der Waals surface area (Å²) in [6, 6.07) is 3.65. The molecule has 0 atom stereocenters. The zero-order chi connectivity index (χ0) is 8.39. The average molecular weight is 163 g/mol. The van der Waals surface area contributed by atoms with Crippen LogP contribution in [0.3, 0.4) is 0 Å². The molecule has 0 aromatic carbocycles. The summed E-state index contributed by atoms with van der Waals surface area (Å²) >= 11 is 0. The van der Waals surface area contributed by atoms with Crippen molar-refractivity contribution in [2.45, 2.75) is 6.54 Å². The van der Waals surface area contributed by atoms with Gasteiger partial charge in [0.1, 0.15) is 5.82 Å². The third-order valence-electron chi connectivity index (χ3n) is 1.66. The Hall–Kier alpha value is -1.71. The van der Waals surface area contributed by atoms with Gasteiger partial charge in [-0.1, -0.05) is 0 Å². The molecule has 2 rings (SSSR count). The number of nitrogen functional groups attached to an aromatic ring is 1. The molecule has 2 N–H and O–H groups in total. The maximum atomic E-state index is 5.63. The minimum Gasteiger partial charge on any atom is -0.472 e. The van der Waals surface area contributed by atoms with Gasteiger partial charge < -0.3 is 10.2 Å². The van der Waals surface area contributed by atoms with Crippen molar-refractivity contribution in [3.05, 3.63) is 36.4 Å². The van der Waals surface area contributed by atoms with Crippen LogP contribution in [0.2, 0.25) is 0 Å². The molecule has 4 nitrogen and oxygen atoms in total. The molecule has 12 heavy (non-hydrogen) atoms. The Morgan fingerprint density at radius 3 is 3.00 bits per heavy atom. The molecule has 2 heterocycles. The standard InChI is InChI=1S/C8H9N3O/c9-8-1-3-10-11(8)5-7-2-4-12-6-7/h1-4,6H,5,9H2. The van der Waals surface area contributed by atoms with Crippen molar-refractivity contribution in [3.63, 3.8) is 0 Å². The quantitative estimate of drug-likeness (QED) is 0.721. The van der Waals surface area contributed by atoms with Crippen molar-refractivity contribution in [1.82, 2.24) is 9.78 Å². The Bertz CT molecular complexity index is 350. The molecule has 0 radical (unpaired) electrons. The summed E-state index contributed by atoms with van der Waals surface area (Å²) < 4.78 is 6.63. The summed E-state index contributed by atoms with van der Waals surface area (Å²) in [4.78, 5) is 0. The zero-order valence-corrected chi connectivity index (χ0v) is 6.47. The van der Waals surface area contributed by atoms with Crippen LogP contribution in [0.1, 0.15) is 5.56 Å². The molecular formula is C8H9N3O. The first-order valence-corrected chi connectivity index (χ1v) is 3.64. The largest absolute Gasteiger partial charge is 0.472 e. The van der Waals surface area contributed by atoms with Gasteiger partial charge in [-0.05, 0) is 12.1 Å². The fraction of sp³-hybridized carbons (Fsp3) is 0.125. The summed E-state index contributed by atoms with van der Waals surface area (Å²) in [5.41, 5.74) is 6.69. The van der Waals surface area contributed by atoms with Crippen molar-refractivity contribution < 1.29 is 4.42 Å². The van der Waals surface area contributed by atoms with Gasteiger partial charge in [-0.2, -0.15) is 5.10 Å². The Balaban J connectivity index is 2.20. The number of hydrogen-bond donors (Lipinski definition) is 1. The highest BCUT2D eigenvalue weighted by molar-refractivity contribution is 5.27. The van der Waals surface area contributed by atoms with Gasteiger partial charge in [0.15, 0.2) is 0 Å². The van der Waals surface area contributed by atoms with Gasteiger partial charge in [-0.15, -0.1) is 0 Å². The maximum absolute atomic E-state index is 5.63. The first-order chi connectivity index (χ1) is 5.86. The highest BCUT2D eigenvalue weighted by Crippen LogP contribution is 2.06. The predicted octanol–water partition coefficient (Wildman–Crippen LogP) is 1.11. The highest BCUT2D eigenvalue weighted by Gasteiger charge is 1.99. The monoisotopic (exact) mass is 163 g/mol. The van der Waals surface area contributed by atoms with E-state index in [0.29, 0.717) is 12.4 Å². The van der Waals surface area contributed by atoms with Gasteiger partial charge in [-0.3, -0.25) is 0 Å². The average Bonchev–Trinajstić information content (AvgIpc) is 2.65. The zero-order valence-electron chi connectivity index (χ0n) is 6.47. The van der Waals surface area contributed by atoms with Crippen LogP contribution in [-0.4, -0.2) is 9.78 Å². The van der Waals surface area contributed by atoms with Crippen LogP contribution < -0.4 is 5.73 Å². The number of rotatable bonds is 2. The number of aromatic nitrogens is 2. The Morgan fingerprint density at radius 1 is 1.50 bits per heavy atom. The molecule has 0 aliphatic heterocycles. The molecule has 62 valence electrons. The van der Waals surface area contributed by atoms with E-state index >= 15 is 0 Å². The van der Waals surface area contributed by atoms with Crippen molar-refractivity contribution in [3.8, 4) is 0 Å². The van der Waals surface area contributed by atoms with Gasteiger partial charge >= 0.3 is 0 Å². The first-order valence-electron chi connectivity index (χ1n) is 3.64. The van der Waals surface area contributed by atoms with Gasteiger partial charge in [0.05, 0.1) is 25.3 Å². The van der Waals surface area contributed by atoms with Crippen LogP contribution in [0.25, 0.3) is 0 Å². The molecule has 0 unspecified atom stereocenters. The maximum Gasteiger partial charge on any atom is 0.122 e. The number of nitrogens with two attached hydrogens (primary N) is 1. The van der Waals surface area contributed by atoms with Gasteiger partial charge in [-0.25, -0.2) is 4.68 Å². The predicted molar refractivity (Wildman–Crippen MR) is 44.4 cm³/mol. The van der Waals surface area contributed by atoms with E-state index in [1.807, 2.05) is 6.07 Å². The summed E-state index contributed by atoms with van der Waals surface area (Å²) in [5, 5.41) is 4.04. The molecular weight excluding hydrogens is 154 g/mol. The third kappa shape index (κ3) is 1.18. The van der Waals surface area contributed by atoms with Crippen LogP contribution in [0, 0.1) is 0 Å². The van der Waals surface area contributed by atoms with E-state index in [-0.39, 0.29) is 0 Å². The van der Waals surface area contributed by atoms with Crippen LogP contribution in [-0.2, 0) is 6.54 Å². The highest BCUT2D eigenvalue weighted by atomic mass is 16.3. The van der Waals surface area contributed by atoms with E-state index in [9.17, 15) is 0 Å². The molecule has 0 fully saturated rings. The van der Waals surface area contributed by atoms with E-state index in [2.05, 4.69) is 5.10 Å². The summed E-state index contributed by atoms with van der Waals surface area (Å²) in [7, 11) is 0. The fourth-order valence-electron chi connectivity index (χ4n) is 1.03. The van der Waals surface area contributed by atoms with Crippen LogP contribution in [0.4, 0.5) is 5.82 Å².